The number of alkyl halides is 1. The molecule has 1 N–H and O–H groups in total. The molecule has 1 heterocycles. The Morgan fingerprint density at radius 3 is 2.79 bits per heavy atom. The lowest BCUT2D eigenvalue weighted by Crippen LogP contribution is -2.41. The van der Waals surface area contributed by atoms with Gasteiger partial charge in [0.25, 0.3) is 0 Å². The summed E-state index contributed by atoms with van der Waals surface area (Å²) in [4.78, 5) is 23.9. The van der Waals surface area contributed by atoms with Crippen molar-refractivity contribution < 1.29 is 19.4 Å². The molecule has 0 unspecified atom stereocenters. The molecule has 5 nitrogen and oxygen atoms in total. The van der Waals surface area contributed by atoms with E-state index in [4.69, 9.17) is 0 Å². The summed E-state index contributed by atoms with van der Waals surface area (Å²) in [7, 11) is 1.27. The Bertz CT molecular complexity index is 221. The summed E-state index contributed by atoms with van der Waals surface area (Å²) in [6.45, 7) is 0.199. The lowest BCUT2D eigenvalue weighted by atomic mass is 10.2. The second-order valence-corrected chi connectivity index (χ2v) is 3.67. The zero-order valence-corrected chi connectivity index (χ0v) is 9.36. The van der Waals surface area contributed by atoms with Crippen LogP contribution in [0.15, 0.2) is 0 Å². The summed E-state index contributed by atoms with van der Waals surface area (Å²) in [5.74, 6) is -0.687. The Hall–Kier alpha value is -0.620. The second kappa shape index (κ2) is 4.75. The molecule has 80 valence electrons. The molecule has 6 heteroatoms. The lowest BCUT2D eigenvalue weighted by molar-refractivity contribution is -0.150. The summed E-state index contributed by atoms with van der Waals surface area (Å²) in [5, 5.41) is 9.49. The zero-order valence-electron chi connectivity index (χ0n) is 7.77. The van der Waals surface area contributed by atoms with E-state index in [1.807, 2.05) is 0 Å². The number of carbonyl (C=O) groups is 2. The maximum atomic E-state index is 11.4. The number of methoxy groups -OCH3 is 1. The quantitative estimate of drug-likeness (QED) is 0.541. The predicted octanol–water partition coefficient (Wildman–Crippen LogP) is -0.484. The number of amides is 1. The van der Waals surface area contributed by atoms with Gasteiger partial charge in [-0.15, -0.1) is 0 Å². The summed E-state index contributed by atoms with van der Waals surface area (Å²) in [6, 6.07) is -0.639. The first-order valence-corrected chi connectivity index (χ1v) is 5.33. The van der Waals surface area contributed by atoms with Crippen LogP contribution in [0.2, 0.25) is 0 Å². The van der Waals surface area contributed by atoms with E-state index in [-0.39, 0.29) is 24.2 Å². The zero-order chi connectivity index (χ0) is 10.7. The first-order chi connectivity index (χ1) is 6.60. The molecule has 1 aliphatic heterocycles. The molecule has 1 fully saturated rings. The largest absolute Gasteiger partial charge is 0.467 e. The Labute approximate surface area is 90.1 Å². The van der Waals surface area contributed by atoms with Crippen LogP contribution in [0, 0.1) is 0 Å². The number of hydrogen-bond donors (Lipinski definition) is 1. The van der Waals surface area contributed by atoms with Gasteiger partial charge in [0, 0.05) is 13.0 Å². The van der Waals surface area contributed by atoms with Crippen molar-refractivity contribution in [2.75, 3.05) is 19.0 Å². The third-order valence-electron chi connectivity index (χ3n) is 2.19. The standard InChI is InChI=1S/C8H12BrNO4/c1-14-8(13)6-2-5(11)4-10(6)7(12)3-9/h5-6,11H,2-4H2,1H3/t5-,6+/m0/s1. The molecule has 0 saturated carbocycles. The highest BCUT2D eigenvalue weighted by atomic mass is 79.9. The summed E-state index contributed by atoms with van der Waals surface area (Å²) < 4.78 is 4.55. The van der Waals surface area contributed by atoms with Gasteiger partial charge in [0.05, 0.1) is 18.5 Å². The van der Waals surface area contributed by atoms with Crippen LogP contribution in [0.4, 0.5) is 0 Å². The van der Waals surface area contributed by atoms with E-state index < -0.39 is 18.1 Å². The number of nitrogens with zero attached hydrogens (tertiary/aromatic N) is 1. The molecule has 1 saturated heterocycles. The van der Waals surface area contributed by atoms with Crippen molar-refractivity contribution in [3.05, 3.63) is 0 Å². The molecular formula is C8H12BrNO4. The van der Waals surface area contributed by atoms with Gasteiger partial charge in [0.2, 0.25) is 5.91 Å². The maximum absolute atomic E-state index is 11.4. The fourth-order valence-electron chi connectivity index (χ4n) is 1.53. The van der Waals surface area contributed by atoms with Crippen LogP contribution in [0.25, 0.3) is 0 Å². The van der Waals surface area contributed by atoms with Crippen LogP contribution in [0.3, 0.4) is 0 Å². The molecule has 1 rings (SSSR count). The first-order valence-electron chi connectivity index (χ1n) is 4.21. The highest BCUT2D eigenvalue weighted by Gasteiger charge is 2.38. The molecule has 0 bridgehead atoms. The number of aliphatic hydroxyl groups excluding tert-OH is 1. The van der Waals surface area contributed by atoms with E-state index in [0.29, 0.717) is 0 Å². The van der Waals surface area contributed by atoms with Gasteiger partial charge >= 0.3 is 5.97 Å². The third-order valence-corrected chi connectivity index (χ3v) is 2.67. The average molecular weight is 266 g/mol. The smallest absolute Gasteiger partial charge is 0.328 e. The minimum Gasteiger partial charge on any atom is -0.467 e. The Balaban J connectivity index is 2.72. The van der Waals surface area contributed by atoms with E-state index in [0.717, 1.165) is 0 Å². The maximum Gasteiger partial charge on any atom is 0.328 e. The van der Waals surface area contributed by atoms with Crippen LogP contribution in [0.1, 0.15) is 6.42 Å². The molecule has 0 aromatic carbocycles. The van der Waals surface area contributed by atoms with Crippen molar-refractivity contribution in [2.24, 2.45) is 0 Å². The average Bonchev–Trinajstić information content (AvgIpc) is 2.58. The summed E-state index contributed by atoms with van der Waals surface area (Å²) in [6.07, 6.45) is -0.382. The lowest BCUT2D eigenvalue weighted by Gasteiger charge is -2.21. The highest BCUT2D eigenvalue weighted by Crippen LogP contribution is 2.19. The van der Waals surface area contributed by atoms with Gasteiger partial charge < -0.3 is 14.7 Å². The molecule has 1 amide bonds. The molecule has 0 aromatic heterocycles. The van der Waals surface area contributed by atoms with Crippen LogP contribution in [0.5, 0.6) is 0 Å². The molecule has 0 aliphatic carbocycles. The van der Waals surface area contributed by atoms with E-state index in [1.165, 1.54) is 12.0 Å². The molecule has 1 aliphatic rings. The Morgan fingerprint density at radius 1 is 1.64 bits per heavy atom. The van der Waals surface area contributed by atoms with Gasteiger partial charge in [-0.05, 0) is 0 Å². The summed E-state index contributed by atoms with van der Waals surface area (Å²) >= 11 is 3.02. The van der Waals surface area contributed by atoms with Gasteiger partial charge in [-0.3, -0.25) is 4.79 Å². The number of carbonyl (C=O) groups excluding carboxylic acids is 2. The number of ether oxygens (including phenoxy) is 1. The number of rotatable bonds is 2. The van der Waals surface area contributed by atoms with Gasteiger partial charge in [-0.1, -0.05) is 15.9 Å². The predicted molar refractivity (Wildman–Crippen MR) is 51.9 cm³/mol. The fraction of sp³-hybridized carbons (Fsp3) is 0.750. The molecule has 0 aromatic rings. The molecule has 0 spiro atoms. The van der Waals surface area contributed by atoms with Crippen molar-refractivity contribution in [2.45, 2.75) is 18.6 Å². The van der Waals surface area contributed by atoms with Crippen LogP contribution in [-0.4, -0.2) is 53.0 Å². The van der Waals surface area contributed by atoms with Crippen LogP contribution >= 0.6 is 15.9 Å². The molecule has 14 heavy (non-hydrogen) atoms. The third kappa shape index (κ3) is 2.24. The Kier molecular flexibility index (Phi) is 3.88. The van der Waals surface area contributed by atoms with Crippen molar-refractivity contribution in [1.29, 1.82) is 0 Å². The SMILES string of the molecule is COC(=O)[C@H]1C[C@H](O)CN1C(=O)CBr. The highest BCUT2D eigenvalue weighted by molar-refractivity contribution is 9.09. The number of β-amino-alcohol motifs (C(OH)–C–C–N with tert-alkyl or cyclic N) is 1. The topological polar surface area (TPSA) is 66.8 Å². The van der Waals surface area contributed by atoms with E-state index in [9.17, 15) is 14.7 Å². The molecular weight excluding hydrogens is 254 g/mol. The van der Waals surface area contributed by atoms with E-state index >= 15 is 0 Å². The number of halogens is 1. The van der Waals surface area contributed by atoms with E-state index in [2.05, 4.69) is 20.7 Å². The number of esters is 1. The second-order valence-electron chi connectivity index (χ2n) is 3.11. The van der Waals surface area contributed by atoms with Gasteiger partial charge in [0.1, 0.15) is 6.04 Å². The fourth-order valence-corrected chi connectivity index (χ4v) is 1.85. The number of aliphatic hydroxyl groups is 1. The van der Waals surface area contributed by atoms with Crippen molar-refractivity contribution in [3.63, 3.8) is 0 Å². The first kappa shape index (κ1) is 11.5. The Morgan fingerprint density at radius 2 is 2.29 bits per heavy atom. The van der Waals surface area contributed by atoms with Crippen molar-refractivity contribution in [3.8, 4) is 0 Å². The normalized spacial score (nSPS) is 26.4. The molecule has 2 atom stereocenters. The molecule has 0 radical (unpaired) electrons. The van der Waals surface area contributed by atoms with Crippen LogP contribution < -0.4 is 0 Å². The van der Waals surface area contributed by atoms with Crippen LogP contribution in [-0.2, 0) is 14.3 Å². The van der Waals surface area contributed by atoms with E-state index in [1.54, 1.807) is 0 Å². The van der Waals surface area contributed by atoms with Gasteiger partial charge in [-0.25, -0.2) is 4.79 Å². The van der Waals surface area contributed by atoms with Gasteiger partial charge in [0.15, 0.2) is 0 Å². The van der Waals surface area contributed by atoms with Crippen molar-refractivity contribution in [1.82, 2.24) is 4.90 Å². The number of likely N-dealkylation sites (tertiary alicyclic amines) is 1. The summed E-state index contributed by atoms with van der Waals surface area (Å²) in [5.41, 5.74) is 0. The monoisotopic (exact) mass is 265 g/mol. The van der Waals surface area contributed by atoms with Crippen molar-refractivity contribution >= 4 is 27.8 Å². The number of hydrogen-bond acceptors (Lipinski definition) is 4. The minimum atomic E-state index is -0.639. The minimum absolute atomic E-state index is 0.146. The van der Waals surface area contributed by atoms with Gasteiger partial charge in [-0.2, -0.15) is 0 Å².